The zero-order valence-corrected chi connectivity index (χ0v) is 16.9. The highest BCUT2D eigenvalue weighted by atomic mass is 16.5. The van der Waals surface area contributed by atoms with E-state index in [1.165, 1.54) is 32.4 Å². The number of hydrogen-bond acceptors (Lipinski definition) is 3. The van der Waals surface area contributed by atoms with Gasteiger partial charge in [-0.05, 0) is 63.1 Å². The molecule has 0 bridgehead atoms. The number of hydrogen-bond donors (Lipinski definition) is 0. The van der Waals surface area contributed by atoms with Gasteiger partial charge in [-0.2, -0.15) is 0 Å². The number of nitrogens with zero attached hydrogens (tertiary/aromatic N) is 2. The standard InChI is InChI=1S/C23H34N2O2/c1-18-15-23(27-17-18)11-10-20(21(16-23)25-12-6-7-13-25)24(2)22(26)14-19-8-4-3-5-9-19/h3-5,8-9,18,20-21H,6-7,10-17H2,1-2H3/t18?,20-,21-,23+/m0/s1. The third-order valence-electron chi connectivity index (χ3n) is 7.01. The van der Waals surface area contributed by atoms with E-state index in [4.69, 9.17) is 4.74 Å². The number of carbonyl (C=O) groups is 1. The van der Waals surface area contributed by atoms with Crippen LogP contribution in [0, 0.1) is 5.92 Å². The lowest BCUT2D eigenvalue weighted by Crippen LogP contribution is -2.58. The summed E-state index contributed by atoms with van der Waals surface area (Å²) in [7, 11) is 2.02. The van der Waals surface area contributed by atoms with Crippen molar-refractivity contribution >= 4 is 5.91 Å². The SMILES string of the molecule is CC1CO[C@]2(CC[C@H](N(C)C(=O)Cc3ccccc3)[C@@H](N3CCCC3)C2)C1. The van der Waals surface area contributed by atoms with Crippen molar-refractivity contribution in [3.05, 3.63) is 35.9 Å². The van der Waals surface area contributed by atoms with Gasteiger partial charge in [-0.1, -0.05) is 37.3 Å². The Bertz CT molecular complexity index is 643. The van der Waals surface area contributed by atoms with Gasteiger partial charge in [0, 0.05) is 25.7 Å². The maximum atomic E-state index is 13.0. The minimum absolute atomic E-state index is 0.0620. The highest BCUT2D eigenvalue weighted by molar-refractivity contribution is 5.79. The Morgan fingerprint density at radius 2 is 1.96 bits per heavy atom. The van der Waals surface area contributed by atoms with E-state index >= 15 is 0 Å². The maximum absolute atomic E-state index is 13.0. The number of ether oxygens (including phenoxy) is 1. The van der Waals surface area contributed by atoms with E-state index in [9.17, 15) is 4.79 Å². The molecule has 0 aromatic heterocycles. The summed E-state index contributed by atoms with van der Waals surface area (Å²) < 4.78 is 6.34. The van der Waals surface area contributed by atoms with E-state index in [-0.39, 0.29) is 11.5 Å². The number of benzene rings is 1. The molecule has 1 saturated carbocycles. The van der Waals surface area contributed by atoms with Crippen LogP contribution in [0.25, 0.3) is 0 Å². The van der Waals surface area contributed by atoms with Crippen LogP contribution in [0.4, 0.5) is 0 Å². The molecule has 4 rings (SSSR count). The fourth-order valence-corrected chi connectivity index (χ4v) is 5.59. The molecule has 2 saturated heterocycles. The van der Waals surface area contributed by atoms with Crippen LogP contribution in [0.15, 0.2) is 30.3 Å². The third kappa shape index (κ3) is 4.07. The molecule has 3 aliphatic rings. The first kappa shape index (κ1) is 18.9. The molecular formula is C23H34N2O2. The zero-order valence-electron chi connectivity index (χ0n) is 16.9. The molecule has 3 fully saturated rings. The maximum Gasteiger partial charge on any atom is 0.227 e. The largest absolute Gasteiger partial charge is 0.375 e. The minimum atomic E-state index is 0.0620. The molecule has 1 spiro atoms. The Labute approximate surface area is 163 Å². The molecular weight excluding hydrogens is 336 g/mol. The van der Waals surface area contributed by atoms with Gasteiger partial charge in [-0.3, -0.25) is 9.69 Å². The highest BCUT2D eigenvalue weighted by Crippen LogP contribution is 2.44. The second-order valence-electron chi connectivity index (χ2n) is 9.09. The van der Waals surface area contributed by atoms with Crippen LogP contribution in [0.5, 0.6) is 0 Å². The van der Waals surface area contributed by atoms with Crippen LogP contribution in [0.2, 0.25) is 0 Å². The van der Waals surface area contributed by atoms with Crippen molar-refractivity contribution < 1.29 is 9.53 Å². The first-order valence-electron chi connectivity index (χ1n) is 10.7. The Morgan fingerprint density at radius 3 is 2.63 bits per heavy atom. The van der Waals surface area contributed by atoms with Crippen molar-refractivity contribution in [3.8, 4) is 0 Å². The summed E-state index contributed by atoms with van der Waals surface area (Å²) in [5, 5.41) is 0. The number of likely N-dealkylation sites (tertiary alicyclic amines) is 1. The van der Waals surface area contributed by atoms with Gasteiger partial charge in [-0.15, -0.1) is 0 Å². The summed E-state index contributed by atoms with van der Waals surface area (Å²) in [6.45, 7) is 5.56. The summed E-state index contributed by atoms with van der Waals surface area (Å²) in [4.78, 5) is 17.7. The van der Waals surface area contributed by atoms with Gasteiger partial charge < -0.3 is 9.64 Å². The number of rotatable bonds is 4. The van der Waals surface area contributed by atoms with Crippen molar-refractivity contribution in [2.75, 3.05) is 26.7 Å². The van der Waals surface area contributed by atoms with Gasteiger partial charge in [0.05, 0.1) is 12.0 Å². The fourth-order valence-electron chi connectivity index (χ4n) is 5.59. The lowest BCUT2D eigenvalue weighted by Gasteiger charge is -2.48. The van der Waals surface area contributed by atoms with E-state index in [1.807, 2.05) is 37.4 Å². The average Bonchev–Trinajstić information content (AvgIpc) is 3.32. The molecule has 0 radical (unpaired) electrons. The van der Waals surface area contributed by atoms with Crippen molar-refractivity contribution in [2.24, 2.45) is 5.92 Å². The van der Waals surface area contributed by atoms with Crippen molar-refractivity contribution in [3.63, 3.8) is 0 Å². The van der Waals surface area contributed by atoms with Crippen LogP contribution < -0.4 is 0 Å². The van der Waals surface area contributed by atoms with E-state index in [1.54, 1.807) is 0 Å². The van der Waals surface area contributed by atoms with Crippen LogP contribution >= 0.6 is 0 Å². The molecule has 1 amide bonds. The predicted octanol–water partition coefficient (Wildman–Crippen LogP) is 3.50. The van der Waals surface area contributed by atoms with Crippen LogP contribution in [0.3, 0.4) is 0 Å². The van der Waals surface area contributed by atoms with Gasteiger partial charge in [0.15, 0.2) is 0 Å². The Balaban J connectivity index is 1.48. The Kier molecular flexibility index (Phi) is 5.56. The first-order chi connectivity index (χ1) is 13.1. The molecule has 4 nitrogen and oxygen atoms in total. The molecule has 1 aliphatic carbocycles. The highest BCUT2D eigenvalue weighted by Gasteiger charge is 2.49. The first-order valence-corrected chi connectivity index (χ1v) is 10.7. The number of likely N-dealkylation sites (N-methyl/N-ethyl adjacent to an activating group) is 1. The molecule has 1 unspecified atom stereocenters. The second-order valence-corrected chi connectivity index (χ2v) is 9.09. The topological polar surface area (TPSA) is 32.8 Å². The van der Waals surface area contributed by atoms with Crippen LogP contribution in [-0.4, -0.2) is 60.1 Å². The number of carbonyl (C=O) groups excluding carboxylic acids is 1. The van der Waals surface area contributed by atoms with Gasteiger partial charge in [0.2, 0.25) is 5.91 Å². The fraction of sp³-hybridized carbons (Fsp3) is 0.696. The molecule has 148 valence electrons. The Morgan fingerprint density at radius 1 is 1.22 bits per heavy atom. The molecule has 0 N–H and O–H groups in total. The summed E-state index contributed by atoms with van der Waals surface area (Å²) in [6, 6.07) is 10.9. The lowest BCUT2D eigenvalue weighted by atomic mass is 9.75. The van der Waals surface area contributed by atoms with Crippen molar-refractivity contribution in [2.45, 2.75) is 69.6 Å². The summed E-state index contributed by atoms with van der Waals surface area (Å²) in [6.07, 6.45) is 7.50. The van der Waals surface area contributed by atoms with Crippen LogP contribution in [0.1, 0.15) is 51.0 Å². The van der Waals surface area contributed by atoms with E-state index < -0.39 is 0 Å². The van der Waals surface area contributed by atoms with Gasteiger partial charge in [0.1, 0.15) is 0 Å². The van der Waals surface area contributed by atoms with Crippen molar-refractivity contribution in [1.82, 2.24) is 9.80 Å². The Hall–Kier alpha value is -1.39. The minimum Gasteiger partial charge on any atom is -0.375 e. The van der Waals surface area contributed by atoms with Gasteiger partial charge in [-0.25, -0.2) is 0 Å². The summed E-state index contributed by atoms with van der Waals surface area (Å²) in [5.41, 5.74) is 1.17. The molecule has 4 atom stereocenters. The lowest BCUT2D eigenvalue weighted by molar-refractivity contribution is -0.136. The summed E-state index contributed by atoms with van der Waals surface area (Å²) in [5.74, 6) is 0.908. The molecule has 1 aromatic carbocycles. The molecule has 1 aromatic rings. The van der Waals surface area contributed by atoms with E-state index in [0.717, 1.165) is 31.4 Å². The molecule has 4 heteroatoms. The molecule has 2 aliphatic heterocycles. The molecule has 27 heavy (non-hydrogen) atoms. The van der Waals surface area contributed by atoms with Gasteiger partial charge in [0.25, 0.3) is 0 Å². The smallest absolute Gasteiger partial charge is 0.227 e. The normalized spacial score (nSPS) is 34.2. The van der Waals surface area contributed by atoms with E-state index in [0.29, 0.717) is 24.4 Å². The number of amides is 1. The molecule has 2 heterocycles. The quantitative estimate of drug-likeness (QED) is 0.813. The van der Waals surface area contributed by atoms with Crippen molar-refractivity contribution in [1.29, 1.82) is 0 Å². The summed E-state index contributed by atoms with van der Waals surface area (Å²) >= 11 is 0. The van der Waals surface area contributed by atoms with Gasteiger partial charge >= 0.3 is 0 Å². The zero-order chi connectivity index (χ0) is 18.9. The second kappa shape index (κ2) is 7.92. The monoisotopic (exact) mass is 370 g/mol. The van der Waals surface area contributed by atoms with E-state index in [2.05, 4.69) is 16.7 Å². The average molecular weight is 371 g/mol. The van der Waals surface area contributed by atoms with Crippen LogP contribution in [-0.2, 0) is 16.0 Å². The third-order valence-corrected chi connectivity index (χ3v) is 7.01. The predicted molar refractivity (Wildman–Crippen MR) is 108 cm³/mol.